The number of carbonyl (C=O) groups excluding carboxylic acids is 1. The van der Waals surface area contributed by atoms with Crippen LogP contribution in [0.3, 0.4) is 0 Å². The molecule has 1 heterocycles. The minimum absolute atomic E-state index is 0.119. The van der Waals surface area contributed by atoms with Gasteiger partial charge in [0, 0.05) is 5.56 Å². The Labute approximate surface area is 128 Å². The van der Waals surface area contributed by atoms with Crippen LogP contribution in [0.5, 0.6) is 5.75 Å². The van der Waals surface area contributed by atoms with E-state index in [0.717, 1.165) is 6.07 Å². The third-order valence-corrected chi connectivity index (χ3v) is 4.57. The van der Waals surface area contributed by atoms with Gasteiger partial charge in [0.25, 0.3) is 0 Å². The summed E-state index contributed by atoms with van der Waals surface area (Å²) in [5, 5.41) is 0. The predicted octanol–water partition coefficient (Wildman–Crippen LogP) is 2.87. The average molecular weight is 318 g/mol. The quantitative estimate of drug-likeness (QED) is 0.817. The smallest absolute Gasteiger partial charge is 0.351 e. The molecule has 1 aliphatic heterocycles. The number of carbonyl (C=O) groups is 1. The summed E-state index contributed by atoms with van der Waals surface area (Å²) in [7, 11) is -0.649. The number of esters is 1. The third-order valence-electron chi connectivity index (χ3n) is 3.11. The number of para-hydroxylation sites is 1. The predicted molar refractivity (Wildman–Crippen MR) is 78.8 cm³/mol. The van der Waals surface area contributed by atoms with Crippen molar-refractivity contribution in [2.75, 3.05) is 7.11 Å². The zero-order valence-electron chi connectivity index (χ0n) is 11.5. The Morgan fingerprint density at radius 2 is 1.86 bits per heavy atom. The largest absolute Gasteiger partial charge is 0.465 e. The minimum Gasteiger partial charge on any atom is -0.465 e. The Morgan fingerprint density at radius 3 is 2.55 bits per heavy atom. The van der Waals surface area contributed by atoms with Crippen molar-refractivity contribution in [1.29, 1.82) is 0 Å². The van der Waals surface area contributed by atoms with Gasteiger partial charge in [0.1, 0.15) is 11.6 Å². The van der Waals surface area contributed by atoms with Gasteiger partial charge in [-0.1, -0.05) is 18.2 Å². The summed E-state index contributed by atoms with van der Waals surface area (Å²) in [4.78, 5) is 12.0. The molecule has 112 valence electrons. The van der Waals surface area contributed by atoms with Crippen LogP contribution in [0.2, 0.25) is 0 Å². The summed E-state index contributed by atoms with van der Waals surface area (Å²) in [6, 6.07) is 12.6. The van der Waals surface area contributed by atoms with Crippen LogP contribution in [-0.4, -0.2) is 17.3 Å². The number of ether oxygens (including phenoxy) is 2. The lowest BCUT2D eigenvalue weighted by molar-refractivity contribution is -0.135. The number of hydrogen-bond acceptors (Lipinski definition) is 4. The van der Waals surface area contributed by atoms with Crippen molar-refractivity contribution >= 4 is 22.5 Å². The molecule has 22 heavy (non-hydrogen) atoms. The number of benzene rings is 2. The van der Waals surface area contributed by atoms with Gasteiger partial charge in [-0.3, -0.25) is 0 Å². The fourth-order valence-corrected chi connectivity index (χ4v) is 3.48. The Kier molecular flexibility index (Phi) is 3.77. The van der Waals surface area contributed by atoms with E-state index in [1.807, 2.05) is 6.07 Å². The van der Waals surface area contributed by atoms with Crippen LogP contribution in [0, 0.1) is 5.82 Å². The topological polar surface area (TPSA) is 52.6 Å². The Bertz CT molecular complexity index is 799. The van der Waals surface area contributed by atoms with Gasteiger partial charge in [-0.05, 0) is 30.3 Å². The Morgan fingerprint density at radius 1 is 1.14 bits per heavy atom. The standard InChI is InChI=1S/C16H11FO4S/c1-20-16(18)15-14(21-11-5-3-2-4-6-11)12-8-7-10(17)9-13(12)22(15)19/h2-9H,1H3. The van der Waals surface area contributed by atoms with Crippen molar-refractivity contribution in [3.63, 3.8) is 0 Å². The number of fused-ring (bicyclic) bond motifs is 1. The summed E-state index contributed by atoms with van der Waals surface area (Å²) in [6.45, 7) is 0. The van der Waals surface area contributed by atoms with E-state index < -0.39 is 22.6 Å². The molecule has 3 rings (SSSR count). The molecule has 0 saturated heterocycles. The van der Waals surface area contributed by atoms with Crippen LogP contribution in [0.15, 0.2) is 58.3 Å². The zero-order chi connectivity index (χ0) is 15.7. The number of halogens is 1. The molecular weight excluding hydrogens is 307 g/mol. The molecule has 0 amide bonds. The molecule has 0 bridgehead atoms. The molecule has 0 fully saturated rings. The van der Waals surface area contributed by atoms with Crippen LogP contribution in [0.25, 0.3) is 5.76 Å². The highest BCUT2D eigenvalue weighted by Gasteiger charge is 2.36. The van der Waals surface area contributed by atoms with E-state index >= 15 is 0 Å². The van der Waals surface area contributed by atoms with Gasteiger partial charge in [0.05, 0.1) is 22.8 Å². The van der Waals surface area contributed by atoms with Gasteiger partial charge >= 0.3 is 5.97 Å². The lowest BCUT2D eigenvalue weighted by Crippen LogP contribution is -2.10. The van der Waals surface area contributed by atoms with Crippen molar-refractivity contribution in [3.8, 4) is 5.75 Å². The van der Waals surface area contributed by atoms with Crippen molar-refractivity contribution in [2.45, 2.75) is 4.90 Å². The van der Waals surface area contributed by atoms with Gasteiger partial charge in [0.2, 0.25) is 0 Å². The van der Waals surface area contributed by atoms with Gasteiger partial charge in [-0.2, -0.15) is 0 Å². The molecule has 1 atom stereocenters. The summed E-state index contributed by atoms with van der Waals surface area (Å²) >= 11 is 0. The molecule has 0 N–H and O–H groups in total. The normalized spacial score (nSPS) is 16.4. The fourth-order valence-electron chi connectivity index (χ4n) is 2.12. The zero-order valence-corrected chi connectivity index (χ0v) is 12.4. The van der Waals surface area contributed by atoms with Crippen LogP contribution < -0.4 is 4.74 Å². The third kappa shape index (κ3) is 2.42. The van der Waals surface area contributed by atoms with Gasteiger partial charge in [-0.25, -0.2) is 13.4 Å². The van der Waals surface area contributed by atoms with E-state index in [1.165, 1.54) is 19.2 Å². The van der Waals surface area contributed by atoms with E-state index in [4.69, 9.17) is 4.74 Å². The van der Waals surface area contributed by atoms with Crippen molar-refractivity contribution in [1.82, 2.24) is 0 Å². The average Bonchev–Trinajstić information content (AvgIpc) is 2.80. The molecule has 4 nitrogen and oxygen atoms in total. The molecule has 0 aromatic heterocycles. The monoisotopic (exact) mass is 318 g/mol. The summed E-state index contributed by atoms with van der Waals surface area (Å²) in [5.74, 6) is -0.683. The number of methoxy groups -OCH3 is 1. The van der Waals surface area contributed by atoms with E-state index in [2.05, 4.69) is 4.74 Å². The SMILES string of the molecule is COC(=O)C1=C(Oc2ccccc2)c2ccc(F)cc2S1=O. The van der Waals surface area contributed by atoms with Gasteiger partial charge in [0.15, 0.2) is 10.7 Å². The molecule has 0 aliphatic carbocycles. The first-order chi connectivity index (χ1) is 10.6. The first-order valence-electron chi connectivity index (χ1n) is 6.39. The second-order valence-electron chi connectivity index (χ2n) is 4.47. The lowest BCUT2D eigenvalue weighted by atomic mass is 10.1. The summed E-state index contributed by atoms with van der Waals surface area (Å²) in [5.41, 5.74) is 0.420. The summed E-state index contributed by atoms with van der Waals surface area (Å²) < 4.78 is 36.2. The number of hydrogen-bond donors (Lipinski definition) is 0. The highest BCUT2D eigenvalue weighted by molar-refractivity contribution is 7.90. The molecule has 0 radical (unpaired) electrons. The second kappa shape index (κ2) is 5.73. The van der Waals surface area contributed by atoms with Gasteiger partial charge < -0.3 is 9.47 Å². The van der Waals surface area contributed by atoms with E-state index in [-0.39, 0.29) is 15.6 Å². The van der Waals surface area contributed by atoms with Crippen molar-refractivity contribution in [2.24, 2.45) is 0 Å². The molecular formula is C16H11FO4S. The van der Waals surface area contributed by atoms with E-state index in [9.17, 15) is 13.4 Å². The number of rotatable bonds is 3. The van der Waals surface area contributed by atoms with Gasteiger partial charge in [-0.15, -0.1) is 0 Å². The fraction of sp³-hybridized carbons (Fsp3) is 0.0625. The van der Waals surface area contributed by atoms with E-state index in [0.29, 0.717) is 11.3 Å². The second-order valence-corrected chi connectivity index (χ2v) is 5.86. The van der Waals surface area contributed by atoms with Crippen LogP contribution in [0.1, 0.15) is 5.56 Å². The molecule has 6 heteroatoms. The first-order valence-corrected chi connectivity index (χ1v) is 7.54. The molecule has 0 saturated carbocycles. The lowest BCUT2D eigenvalue weighted by Gasteiger charge is -2.08. The summed E-state index contributed by atoms with van der Waals surface area (Å²) in [6.07, 6.45) is 0. The minimum atomic E-state index is -1.84. The van der Waals surface area contributed by atoms with Crippen LogP contribution in [0.4, 0.5) is 4.39 Å². The molecule has 1 unspecified atom stereocenters. The van der Waals surface area contributed by atoms with Crippen LogP contribution in [-0.2, 0) is 20.3 Å². The van der Waals surface area contributed by atoms with E-state index in [1.54, 1.807) is 24.3 Å². The maximum Gasteiger partial charge on any atom is 0.351 e. The Hall–Kier alpha value is -2.47. The highest BCUT2D eigenvalue weighted by atomic mass is 32.2. The highest BCUT2D eigenvalue weighted by Crippen LogP contribution is 2.38. The Balaban J connectivity index is 2.14. The molecule has 0 spiro atoms. The van der Waals surface area contributed by atoms with Crippen LogP contribution >= 0.6 is 0 Å². The van der Waals surface area contributed by atoms with Crippen molar-refractivity contribution in [3.05, 3.63) is 64.8 Å². The molecule has 2 aromatic carbocycles. The molecule has 1 aliphatic rings. The van der Waals surface area contributed by atoms with Crippen molar-refractivity contribution < 1.29 is 22.9 Å². The maximum atomic E-state index is 13.4. The first kappa shape index (κ1) is 14.5. The molecule has 2 aromatic rings. The maximum absolute atomic E-state index is 13.4.